The van der Waals surface area contributed by atoms with Crippen LogP contribution >= 0.6 is 23.4 Å². The largest absolute Gasteiger partial charge is 0.423 e. The van der Waals surface area contributed by atoms with E-state index in [2.05, 4.69) is 0 Å². The lowest BCUT2D eigenvalue weighted by Gasteiger charge is -2.02. The second-order valence-corrected chi connectivity index (χ2v) is 4.51. The Morgan fingerprint density at radius 3 is 2.75 bits per heavy atom. The molecule has 0 atom stereocenters. The third kappa shape index (κ3) is 2.49. The molecule has 0 saturated carbocycles. The van der Waals surface area contributed by atoms with E-state index in [4.69, 9.17) is 16.0 Å². The molecule has 0 bridgehead atoms. The molecule has 1 aromatic heterocycles. The summed E-state index contributed by atoms with van der Waals surface area (Å²) in [5.41, 5.74) is 0.460. The fourth-order valence-electron chi connectivity index (χ4n) is 1.36. The molecule has 0 N–H and O–H groups in total. The van der Waals surface area contributed by atoms with E-state index in [-0.39, 0.29) is 5.63 Å². The maximum Gasteiger partial charge on any atom is 0.337 e. The quantitative estimate of drug-likeness (QED) is 0.764. The van der Waals surface area contributed by atoms with Crippen LogP contribution in [0.4, 0.5) is 0 Å². The summed E-state index contributed by atoms with van der Waals surface area (Å²) in [5, 5.41) is 0.620. The van der Waals surface area contributed by atoms with Gasteiger partial charge < -0.3 is 4.42 Å². The minimum absolute atomic E-state index is 0.346. The molecule has 2 nitrogen and oxygen atoms in total. The highest BCUT2D eigenvalue weighted by Gasteiger charge is 2.04. The number of benzene rings is 1. The van der Waals surface area contributed by atoms with Crippen LogP contribution in [-0.4, -0.2) is 6.26 Å². The predicted octanol–water partition coefficient (Wildman–Crippen LogP) is 3.68. The van der Waals surface area contributed by atoms with Crippen molar-refractivity contribution >= 4 is 23.4 Å². The molecule has 0 aliphatic heterocycles. The van der Waals surface area contributed by atoms with E-state index in [9.17, 15) is 4.79 Å². The van der Waals surface area contributed by atoms with Crippen molar-refractivity contribution in [2.45, 2.75) is 4.90 Å². The molecule has 1 heterocycles. The number of hydrogen-bond acceptors (Lipinski definition) is 3. The van der Waals surface area contributed by atoms with Crippen molar-refractivity contribution in [3.8, 4) is 11.3 Å². The van der Waals surface area contributed by atoms with E-state index < -0.39 is 0 Å². The van der Waals surface area contributed by atoms with Gasteiger partial charge in [-0.05, 0) is 24.5 Å². The molecule has 0 saturated heterocycles. The van der Waals surface area contributed by atoms with Gasteiger partial charge in [-0.3, -0.25) is 0 Å². The van der Waals surface area contributed by atoms with Crippen molar-refractivity contribution in [2.24, 2.45) is 0 Å². The molecule has 1 aromatic carbocycles. The molecular weight excluding hydrogens is 244 g/mol. The van der Waals surface area contributed by atoms with Gasteiger partial charge in [0.1, 0.15) is 5.76 Å². The predicted molar refractivity (Wildman–Crippen MR) is 67.2 cm³/mol. The zero-order chi connectivity index (χ0) is 11.5. The first-order valence-corrected chi connectivity index (χ1v) is 6.24. The fourth-order valence-corrected chi connectivity index (χ4v) is 1.99. The molecule has 82 valence electrons. The Hall–Kier alpha value is -1.19. The zero-order valence-electron chi connectivity index (χ0n) is 8.57. The van der Waals surface area contributed by atoms with Crippen LogP contribution in [0.15, 0.2) is 50.5 Å². The molecule has 0 aliphatic carbocycles. The molecule has 0 spiro atoms. The maximum atomic E-state index is 11.3. The van der Waals surface area contributed by atoms with Gasteiger partial charge in [0.15, 0.2) is 0 Å². The number of thioether (sulfide) groups is 1. The number of hydrogen-bond donors (Lipinski definition) is 0. The molecule has 4 heteroatoms. The van der Waals surface area contributed by atoms with Crippen molar-refractivity contribution in [3.63, 3.8) is 0 Å². The zero-order valence-corrected chi connectivity index (χ0v) is 10.1. The van der Waals surface area contributed by atoms with Gasteiger partial charge in [-0.1, -0.05) is 23.7 Å². The van der Waals surface area contributed by atoms with E-state index in [1.807, 2.05) is 24.5 Å². The highest BCUT2D eigenvalue weighted by molar-refractivity contribution is 7.98. The molecule has 0 unspecified atom stereocenters. The average molecular weight is 253 g/mol. The molecule has 0 amide bonds. The van der Waals surface area contributed by atoms with E-state index >= 15 is 0 Å². The smallest absolute Gasteiger partial charge is 0.337 e. The minimum Gasteiger partial charge on any atom is -0.423 e. The molecular formula is C12H9ClO2S. The Balaban J connectivity index is 2.55. The van der Waals surface area contributed by atoms with Gasteiger partial charge in [-0.25, -0.2) is 4.79 Å². The van der Waals surface area contributed by atoms with Gasteiger partial charge in [-0.2, -0.15) is 0 Å². The van der Waals surface area contributed by atoms with Gasteiger partial charge in [0.2, 0.25) is 0 Å². The maximum absolute atomic E-state index is 11.3. The Kier molecular flexibility index (Phi) is 3.36. The highest BCUT2D eigenvalue weighted by atomic mass is 35.5. The third-order valence-electron chi connectivity index (χ3n) is 2.09. The third-order valence-corrected chi connectivity index (χ3v) is 3.03. The SMILES string of the molecule is CSc1cc(-c2cccc(Cl)c2)oc(=O)c1. The van der Waals surface area contributed by atoms with Crippen LogP contribution in [0, 0.1) is 0 Å². The van der Waals surface area contributed by atoms with Crippen LogP contribution in [0.3, 0.4) is 0 Å². The van der Waals surface area contributed by atoms with E-state index in [0.717, 1.165) is 10.5 Å². The standard InChI is InChI=1S/C12H9ClO2S/c1-16-10-6-11(15-12(14)7-10)8-3-2-4-9(13)5-8/h2-7H,1H3. The summed E-state index contributed by atoms with van der Waals surface area (Å²) in [6, 6.07) is 10.5. The summed E-state index contributed by atoms with van der Waals surface area (Å²) in [6.07, 6.45) is 1.91. The molecule has 16 heavy (non-hydrogen) atoms. The summed E-state index contributed by atoms with van der Waals surface area (Å²) in [7, 11) is 0. The first kappa shape index (κ1) is 11.3. The van der Waals surface area contributed by atoms with Crippen LogP contribution < -0.4 is 5.63 Å². The average Bonchev–Trinajstić information content (AvgIpc) is 2.28. The number of rotatable bonds is 2. The summed E-state index contributed by atoms with van der Waals surface area (Å²) < 4.78 is 5.13. The molecule has 2 aromatic rings. The highest BCUT2D eigenvalue weighted by Crippen LogP contribution is 2.24. The normalized spacial score (nSPS) is 10.4. The lowest BCUT2D eigenvalue weighted by molar-refractivity contribution is 0.521. The number of halogens is 1. The summed E-state index contributed by atoms with van der Waals surface area (Å²) >= 11 is 7.39. The molecule has 0 fully saturated rings. The van der Waals surface area contributed by atoms with Crippen LogP contribution in [0.2, 0.25) is 5.02 Å². The first-order valence-electron chi connectivity index (χ1n) is 4.64. The van der Waals surface area contributed by atoms with Crippen LogP contribution in [0.5, 0.6) is 0 Å². The lowest BCUT2D eigenvalue weighted by Crippen LogP contribution is -1.97. The van der Waals surface area contributed by atoms with Crippen molar-refractivity contribution in [1.29, 1.82) is 0 Å². The molecule has 0 radical (unpaired) electrons. The van der Waals surface area contributed by atoms with Crippen LogP contribution in [0.25, 0.3) is 11.3 Å². The van der Waals surface area contributed by atoms with E-state index in [0.29, 0.717) is 10.8 Å². The summed E-state index contributed by atoms with van der Waals surface area (Å²) in [6.45, 7) is 0. The van der Waals surface area contributed by atoms with E-state index in [1.165, 1.54) is 17.8 Å². The van der Waals surface area contributed by atoms with Gasteiger partial charge in [-0.15, -0.1) is 11.8 Å². The summed E-state index contributed by atoms with van der Waals surface area (Å²) in [5.74, 6) is 0.541. The second-order valence-electron chi connectivity index (χ2n) is 3.19. The first-order chi connectivity index (χ1) is 7.69. The Labute approximate surface area is 102 Å². The van der Waals surface area contributed by atoms with Crippen molar-refractivity contribution in [1.82, 2.24) is 0 Å². The van der Waals surface area contributed by atoms with Crippen LogP contribution in [0.1, 0.15) is 0 Å². The Bertz CT molecular complexity index is 563. The second kappa shape index (κ2) is 4.76. The lowest BCUT2D eigenvalue weighted by atomic mass is 10.1. The topological polar surface area (TPSA) is 30.2 Å². The minimum atomic E-state index is -0.346. The van der Waals surface area contributed by atoms with Crippen molar-refractivity contribution < 1.29 is 4.42 Å². The summed E-state index contributed by atoms with van der Waals surface area (Å²) in [4.78, 5) is 12.2. The van der Waals surface area contributed by atoms with Crippen molar-refractivity contribution in [2.75, 3.05) is 6.26 Å². The molecule has 2 rings (SSSR count). The Morgan fingerprint density at radius 2 is 2.06 bits per heavy atom. The monoisotopic (exact) mass is 252 g/mol. The van der Waals surface area contributed by atoms with Gasteiger partial charge in [0.25, 0.3) is 0 Å². The molecule has 0 aliphatic rings. The van der Waals surface area contributed by atoms with Crippen LogP contribution in [-0.2, 0) is 0 Å². The van der Waals surface area contributed by atoms with Crippen molar-refractivity contribution in [3.05, 3.63) is 51.8 Å². The van der Waals surface area contributed by atoms with Gasteiger partial charge >= 0.3 is 5.63 Å². The Morgan fingerprint density at radius 1 is 1.25 bits per heavy atom. The van der Waals surface area contributed by atoms with E-state index in [1.54, 1.807) is 12.1 Å². The van der Waals surface area contributed by atoms with Gasteiger partial charge in [0, 0.05) is 21.5 Å². The van der Waals surface area contributed by atoms with Gasteiger partial charge in [0.05, 0.1) is 0 Å². The fraction of sp³-hybridized carbons (Fsp3) is 0.0833.